The maximum Gasteiger partial charge on any atom is 0.278 e. The van der Waals surface area contributed by atoms with E-state index in [4.69, 9.17) is 0 Å². The van der Waals surface area contributed by atoms with Gasteiger partial charge >= 0.3 is 0 Å². The van der Waals surface area contributed by atoms with Gasteiger partial charge in [0.05, 0.1) is 11.1 Å². The Bertz CT molecular complexity index is 1490. The molecule has 5 rings (SSSR count). The predicted molar refractivity (Wildman–Crippen MR) is 128 cm³/mol. The van der Waals surface area contributed by atoms with E-state index in [-0.39, 0.29) is 11.3 Å². The van der Waals surface area contributed by atoms with Crippen LogP contribution in [0.2, 0.25) is 0 Å². The maximum atomic E-state index is 12.9. The van der Waals surface area contributed by atoms with Crippen molar-refractivity contribution >= 4 is 33.1 Å². The van der Waals surface area contributed by atoms with Crippen LogP contribution in [0.3, 0.4) is 0 Å². The number of carbonyl (C=O) groups excluding carboxylic acids is 1. The Morgan fingerprint density at radius 3 is 2.22 bits per heavy atom. The van der Waals surface area contributed by atoms with E-state index in [9.17, 15) is 9.59 Å². The molecule has 0 unspecified atom stereocenters. The third-order valence-electron chi connectivity index (χ3n) is 5.18. The van der Waals surface area contributed by atoms with Crippen LogP contribution in [0, 0.1) is 0 Å². The third-order valence-corrected chi connectivity index (χ3v) is 5.94. The van der Waals surface area contributed by atoms with Crippen molar-refractivity contribution in [3.63, 3.8) is 0 Å². The van der Waals surface area contributed by atoms with Crippen LogP contribution in [-0.2, 0) is 7.05 Å². The van der Waals surface area contributed by atoms with Crippen LogP contribution in [0.5, 0.6) is 0 Å². The smallest absolute Gasteiger partial charge is 0.278 e. The Morgan fingerprint density at radius 1 is 0.844 bits per heavy atom. The van der Waals surface area contributed by atoms with E-state index < -0.39 is 5.91 Å². The fourth-order valence-electron chi connectivity index (χ4n) is 3.55. The van der Waals surface area contributed by atoms with Crippen LogP contribution in [0.15, 0.2) is 89.0 Å². The molecule has 1 N–H and O–H groups in total. The number of benzene rings is 3. The second-order valence-electron chi connectivity index (χ2n) is 7.26. The quantitative estimate of drug-likeness (QED) is 0.430. The standard InChI is InChI=1S/C25H18N4O2S/c1-29-24(31)20-10-6-5-9-19(20)22(28-29)23(30)27-25-26-21(15-32-25)18-13-11-17(12-14-18)16-7-3-2-4-8-16/h2-15H,1H3,(H,26,27,30). The van der Waals surface area contributed by atoms with Crippen molar-refractivity contribution in [2.24, 2.45) is 7.05 Å². The molecule has 156 valence electrons. The molecule has 0 atom stereocenters. The Labute approximate surface area is 187 Å². The highest BCUT2D eigenvalue weighted by molar-refractivity contribution is 7.14. The number of fused-ring (bicyclic) bond motifs is 1. The van der Waals surface area contributed by atoms with Gasteiger partial charge in [0.15, 0.2) is 10.8 Å². The molecule has 0 radical (unpaired) electrons. The summed E-state index contributed by atoms with van der Waals surface area (Å²) in [6, 6.07) is 25.3. The first-order chi connectivity index (χ1) is 15.6. The van der Waals surface area contributed by atoms with Crippen molar-refractivity contribution in [1.82, 2.24) is 14.8 Å². The summed E-state index contributed by atoms with van der Waals surface area (Å²) in [5.74, 6) is -0.405. The zero-order valence-corrected chi connectivity index (χ0v) is 18.0. The van der Waals surface area contributed by atoms with Gasteiger partial charge in [0.25, 0.3) is 11.5 Å². The number of aryl methyl sites for hydroxylation is 1. The van der Waals surface area contributed by atoms with E-state index >= 15 is 0 Å². The summed E-state index contributed by atoms with van der Waals surface area (Å²) < 4.78 is 1.18. The third kappa shape index (κ3) is 3.70. The van der Waals surface area contributed by atoms with Crippen molar-refractivity contribution in [2.45, 2.75) is 0 Å². The molecule has 0 saturated carbocycles. The first-order valence-electron chi connectivity index (χ1n) is 9.99. The molecule has 6 nitrogen and oxygen atoms in total. The fourth-order valence-corrected chi connectivity index (χ4v) is 4.27. The van der Waals surface area contributed by atoms with E-state index in [1.54, 1.807) is 24.3 Å². The lowest BCUT2D eigenvalue weighted by molar-refractivity contribution is 0.102. The molecule has 0 aliphatic rings. The number of amides is 1. The fraction of sp³-hybridized carbons (Fsp3) is 0.0400. The number of nitrogens with one attached hydrogen (secondary N) is 1. The molecular formula is C25H18N4O2S. The van der Waals surface area contributed by atoms with Crippen LogP contribution in [0.1, 0.15) is 10.5 Å². The van der Waals surface area contributed by atoms with Crippen molar-refractivity contribution in [3.05, 3.63) is 100 Å². The van der Waals surface area contributed by atoms with Gasteiger partial charge in [0.1, 0.15) is 0 Å². The highest BCUT2D eigenvalue weighted by Gasteiger charge is 2.17. The van der Waals surface area contributed by atoms with Gasteiger partial charge in [0.2, 0.25) is 0 Å². The van der Waals surface area contributed by atoms with E-state index in [1.165, 1.54) is 23.1 Å². The lowest BCUT2D eigenvalue weighted by Gasteiger charge is -2.07. The molecule has 0 bridgehead atoms. The van der Waals surface area contributed by atoms with Crippen LogP contribution in [0.4, 0.5) is 5.13 Å². The van der Waals surface area contributed by atoms with Crippen molar-refractivity contribution in [1.29, 1.82) is 0 Å². The summed E-state index contributed by atoms with van der Waals surface area (Å²) in [5.41, 5.74) is 3.97. The SMILES string of the molecule is Cn1nc(C(=O)Nc2nc(-c3ccc(-c4ccccc4)cc3)cs2)c2ccccc2c1=O. The van der Waals surface area contributed by atoms with Crippen LogP contribution >= 0.6 is 11.3 Å². The van der Waals surface area contributed by atoms with Crippen molar-refractivity contribution in [2.75, 3.05) is 5.32 Å². The lowest BCUT2D eigenvalue weighted by atomic mass is 10.0. The van der Waals surface area contributed by atoms with Crippen LogP contribution in [0.25, 0.3) is 33.2 Å². The Hall–Kier alpha value is -4.10. The van der Waals surface area contributed by atoms with Crippen LogP contribution in [-0.4, -0.2) is 20.7 Å². The Morgan fingerprint density at radius 2 is 1.47 bits per heavy atom. The second kappa shape index (κ2) is 8.20. The van der Waals surface area contributed by atoms with Gasteiger partial charge in [-0.05, 0) is 17.2 Å². The zero-order chi connectivity index (χ0) is 22.1. The summed E-state index contributed by atoms with van der Waals surface area (Å²) in [7, 11) is 1.53. The molecule has 0 aliphatic heterocycles. The van der Waals surface area contributed by atoms with E-state index in [1.807, 2.05) is 35.7 Å². The van der Waals surface area contributed by atoms with Gasteiger partial charge in [-0.25, -0.2) is 9.67 Å². The number of rotatable bonds is 4. The van der Waals surface area contributed by atoms with Gasteiger partial charge in [0, 0.05) is 23.4 Å². The minimum Gasteiger partial charge on any atom is -0.296 e. The molecule has 0 fully saturated rings. The summed E-state index contributed by atoms with van der Waals surface area (Å²) in [6.07, 6.45) is 0. The highest BCUT2D eigenvalue weighted by Crippen LogP contribution is 2.28. The lowest BCUT2D eigenvalue weighted by Crippen LogP contribution is -2.25. The molecule has 0 aliphatic carbocycles. The maximum absolute atomic E-state index is 12.9. The molecule has 5 aromatic rings. The topological polar surface area (TPSA) is 76.9 Å². The van der Waals surface area contributed by atoms with E-state index in [0.29, 0.717) is 15.9 Å². The number of thiazole rings is 1. The van der Waals surface area contributed by atoms with E-state index in [0.717, 1.165) is 22.4 Å². The summed E-state index contributed by atoms with van der Waals surface area (Å²) in [5, 5.41) is 10.3. The van der Waals surface area contributed by atoms with Gasteiger partial charge < -0.3 is 0 Å². The molecule has 1 amide bonds. The first kappa shape index (κ1) is 19.8. The minimum atomic E-state index is -0.405. The van der Waals surface area contributed by atoms with Gasteiger partial charge in [-0.15, -0.1) is 11.3 Å². The summed E-state index contributed by atoms with van der Waals surface area (Å²) >= 11 is 1.34. The molecule has 3 aromatic carbocycles. The number of carbonyl (C=O) groups is 1. The van der Waals surface area contributed by atoms with Gasteiger partial charge in [-0.3, -0.25) is 14.9 Å². The van der Waals surface area contributed by atoms with Gasteiger partial charge in [-0.1, -0.05) is 72.8 Å². The number of hydrogen-bond acceptors (Lipinski definition) is 5. The second-order valence-corrected chi connectivity index (χ2v) is 8.12. The predicted octanol–water partition coefficient (Wildman–Crippen LogP) is 4.98. The molecule has 2 aromatic heterocycles. The average molecular weight is 439 g/mol. The number of anilines is 1. The molecule has 2 heterocycles. The normalized spacial score (nSPS) is 10.9. The number of aromatic nitrogens is 3. The molecule has 0 spiro atoms. The van der Waals surface area contributed by atoms with Crippen molar-refractivity contribution in [3.8, 4) is 22.4 Å². The number of hydrogen-bond donors (Lipinski definition) is 1. The Balaban J connectivity index is 1.39. The monoisotopic (exact) mass is 438 g/mol. The molecular weight excluding hydrogens is 420 g/mol. The van der Waals surface area contributed by atoms with Crippen LogP contribution < -0.4 is 10.9 Å². The molecule has 0 saturated heterocycles. The van der Waals surface area contributed by atoms with Crippen molar-refractivity contribution < 1.29 is 4.79 Å². The first-order valence-corrected chi connectivity index (χ1v) is 10.9. The number of nitrogens with zero attached hydrogens (tertiary/aromatic N) is 3. The Kier molecular flexibility index (Phi) is 5.09. The minimum absolute atomic E-state index is 0.187. The summed E-state index contributed by atoms with van der Waals surface area (Å²) in [6.45, 7) is 0. The largest absolute Gasteiger partial charge is 0.296 e. The highest BCUT2D eigenvalue weighted by atomic mass is 32.1. The van der Waals surface area contributed by atoms with E-state index in [2.05, 4.69) is 39.7 Å². The van der Waals surface area contributed by atoms with Gasteiger partial charge in [-0.2, -0.15) is 5.10 Å². The average Bonchev–Trinajstić information content (AvgIpc) is 3.30. The zero-order valence-electron chi connectivity index (χ0n) is 17.1. The summed E-state index contributed by atoms with van der Waals surface area (Å²) in [4.78, 5) is 29.8. The molecule has 32 heavy (non-hydrogen) atoms. The molecule has 7 heteroatoms.